The Hall–Kier alpha value is -0.940. The molecule has 90 valence electrons. The molecule has 1 aromatic rings. The number of aromatic nitrogens is 1. The largest absolute Gasteiger partial charge is 0.373 e. The van der Waals surface area contributed by atoms with E-state index < -0.39 is 0 Å². The maximum Gasteiger partial charge on any atom is 0.270 e. The number of nitrogens with zero attached hydrogens (tertiary/aromatic N) is 1. The van der Waals surface area contributed by atoms with Crippen LogP contribution in [0.5, 0.6) is 0 Å². The van der Waals surface area contributed by atoms with Crippen LogP contribution in [0.15, 0.2) is 22.8 Å². The van der Waals surface area contributed by atoms with Crippen LogP contribution in [0.2, 0.25) is 0 Å². The zero-order valence-corrected chi connectivity index (χ0v) is 10.8. The predicted molar refractivity (Wildman–Crippen MR) is 65.7 cm³/mol. The number of rotatable bonds is 2. The van der Waals surface area contributed by atoms with Gasteiger partial charge in [-0.1, -0.05) is 0 Å². The molecule has 2 bridgehead atoms. The summed E-state index contributed by atoms with van der Waals surface area (Å²) in [7, 11) is 0. The van der Waals surface area contributed by atoms with Crippen molar-refractivity contribution >= 4 is 21.8 Å². The molecule has 2 aliphatic heterocycles. The Morgan fingerprint density at radius 2 is 2.35 bits per heavy atom. The van der Waals surface area contributed by atoms with E-state index in [2.05, 4.69) is 26.2 Å². The Morgan fingerprint density at radius 3 is 2.94 bits per heavy atom. The lowest BCUT2D eigenvalue weighted by molar-refractivity contribution is 0.0837. The molecule has 0 radical (unpaired) electrons. The molecule has 1 aromatic heterocycles. The summed E-state index contributed by atoms with van der Waals surface area (Å²) in [6, 6.07) is 3.69. The molecule has 0 aromatic carbocycles. The Labute approximate surface area is 108 Å². The van der Waals surface area contributed by atoms with Gasteiger partial charge in [0.05, 0.1) is 18.2 Å². The molecule has 5 heteroatoms. The van der Waals surface area contributed by atoms with Crippen LogP contribution in [-0.2, 0) is 4.74 Å². The van der Waals surface area contributed by atoms with Gasteiger partial charge in [-0.15, -0.1) is 0 Å². The maximum absolute atomic E-state index is 11.9. The standard InChI is InChI=1S/C12H13BrN2O2/c13-7-1-3-9(14-6-7)12(16)15-10-5-8-2-4-11(10)17-8/h1,3,6,8,10-11H,2,4-5H2,(H,15,16). The first-order valence-corrected chi connectivity index (χ1v) is 6.59. The van der Waals surface area contributed by atoms with E-state index in [-0.39, 0.29) is 18.1 Å². The van der Waals surface area contributed by atoms with Crippen LogP contribution in [0.4, 0.5) is 0 Å². The second-order valence-corrected chi connectivity index (χ2v) is 5.47. The third kappa shape index (κ3) is 2.21. The molecule has 2 fully saturated rings. The number of hydrogen-bond acceptors (Lipinski definition) is 3. The first kappa shape index (κ1) is 11.2. The van der Waals surface area contributed by atoms with E-state index in [1.165, 1.54) is 0 Å². The van der Waals surface area contributed by atoms with E-state index in [0.717, 1.165) is 23.7 Å². The van der Waals surface area contributed by atoms with Gasteiger partial charge >= 0.3 is 0 Å². The number of pyridine rings is 1. The first-order valence-electron chi connectivity index (χ1n) is 5.80. The number of nitrogens with one attached hydrogen (secondary N) is 1. The molecule has 0 aliphatic carbocycles. The normalized spacial score (nSPS) is 30.5. The van der Waals surface area contributed by atoms with Crippen LogP contribution in [0.25, 0.3) is 0 Å². The molecular weight excluding hydrogens is 284 g/mol. The van der Waals surface area contributed by atoms with E-state index in [1.54, 1.807) is 12.3 Å². The summed E-state index contributed by atoms with van der Waals surface area (Å²) < 4.78 is 6.57. The molecule has 4 nitrogen and oxygen atoms in total. The SMILES string of the molecule is O=C(NC1CC2CCC1O2)c1ccc(Br)cn1. The smallest absolute Gasteiger partial charge is 0.270 e. The summed E-state index contributed by atoms with van der Waals surface area (Å²) in [6.45, 7) is 0. The van der Waals surface area contributed by atoms with Crippen molar-refractivity contribution < 1.29 is 9.53 Å². The quantitative estimate of drug-likeness (QED) is 0.907. The Bertz CT molecular complexity index is 435. The summed E-state index contributed by atoms with van der Waals surface area (Å²) in [5.74, 6) is -0.112. The minimum absolute atomic E-state index is 0.112. The average Bonchev–Trinajstić information content (AvgIpc) is 2.91. The number of halogens is 1. The van der Waals surface area contributed by atoms with Crippen LogP contribution in [0.1, 0.15) is 29.8 Å². The summed E-state index contributed by atoms with van der Waals surface area (Å²) in [5.41, 5.74) is 0.455. The van der Waals surface area contributed by atoms with Gasteiger partial charge < -0.3 is 10.1 Å². The van der Waals surface area contributed by atoms with E-state index in [9.17, 15) is 4.79 Å². The predicted octanol–water partition coefficient (Wildman–Crippen LogP) is 1.89. The molecule has 0 saturated carbocycles. The molecule has 2 aliphatic rings. The molecule has 3 atom stereocenters. The molecular formula is C12H13BrN2O2. The summed E-state index contributed by atoms with van der Waals surface area (Å²) in [5, 5.41) is 3.00. The first-order chi connectivity index (χ1) is 8.22. The van der Waals surface area contributed by atoms with Crippen LogP contribution in [0.3, 0.4) is 0 Å². The molecule has 1 N–H and O–H groups in total. The van der Waals surface area contributed by atoms with Crippen LogP contribution >= 0.6 is 15.9 Å². The van der Waals surface area contributed by atoms with Gasteiger partial charge in [0, 0.05) is 10.7 Å². The van der Waals surface area contributed by atoms with Gasteiger partial charge in [-0.2, -0.15) is 0 Å². The van der Waals surface area contributed by atoms with Gasteiger partial charge in [-0.25, -0.2) is 4.98 Å². The lowest BCUT2D eigenvalue weighted by Gasteiger charge is -2.19. The minimum atomic E-state index is -0.112. The summed E-state index contributed by atoms with van der Waals surface area (Å²) >= 11 is 3.30. The molecule has 3 heterocycles. The average molecular weight is 297 g/mol. The molecule has 3 unspecified atom stereocenters. The lowest BCUT2D eigenvalue weighted by Crippen LogP contribution is -2.41. The van der Waals surface area contributed by atoms with Gasteiger partial charge in [0.25, 0.3) is 5.91 Å². The fourth-order valence-corrected chi connectivity index (χ4v) is 2.78. The van der Waals surface area contributed by atoms with Gasteiger partial charge in [0.1, 0.15) is 5.69 Å². The third-order valence-corrected chi connectivity index (χ3v) is 3.85. The maximum atomic E-state index is 11.9. The number of hydrogen-bond donors (Lipinski definition) is 1. The monoisotopic (exact) mass is 296 g/mol. The Kier molecular flexibility index (Phi) is 2.88. The number of amides is 1. The van der Waals surface area contributed by atoms with E-state index in [0.29, 0.717) is 11.8 Å². The van der Waals surface area contributed by atoms with Crippen LogP contribution in [0, 0.1) is 0 Å². The number of carbonyl (C=O) groups is 1. The highest BCUT2D eigenvalue weighted by atomic mass is 79.9. The second kappa shape index (κ2) is 4.38. The highest BCUT2D eigenvalue weighted by molar-refractivity contribution is 9.10. The number of fused-ring (bicyclic) bond motifs is 2. The van der Waals surface area contributed by atoms with Gasteiger partial charge in [-0.3, -0.25) is 4.79 Å². The highest BCUT2D eigenvalue weighted by Crippen LogP contribution is 2.34. The fraction of sp³-hybridized carbons (Fsp3) is 0.500. The third-order valence-electron chi connectivity index (χ3n) is 3.38. The van der Waals surface area contributed by atoms with Crippen molar-refractivity contribution in [3.8, 4) is 0 Å². The van der Waals surface area contributed by atoms with Crippen molar-refractivity contribution in [3.05, 3.63) is 28.5 Å². The molecule has 17 heavy (non-hydrogen) atoms. The molecule has 1 amide bonds. The molecule has 0 spiro atoms. The van der Waals surface area contributed by atoms with Gasteiger partial charge in [-0.05, 0) is 47.3 Å². The Balaban J connectivity index is 1.65. The summed E-state index contributed by atoms with van der Waals surface area (Å²) in [6.07, 6.45) is 5.32. The fourth-order valence-electron chi connectivity index (χ4n) is 2.54. The molecule has 3 rings (SSSR count). The second-order valence-electron chi connectivity index (χ2n) is 4.55. The van der Waals surface area contributed by atoms with Crippen LogP contribution in [-0.4, -0.2) is 29.1 Å². The van der Waals surface area contributed by atoms with Gasteiger partial charge in [0.2, 0.25) is 0 Å². The van der Waals surface area contributed by atoms with Gasteiger partial charge in [0.15, 0.2) is 0 Å². The summed E-state index contributed by atoms with van der Waals surface area (Å²) in [4.78, 5) is 16.0. The van der Waals surface area contributed by atoms with Crippen molar-refractivity contribution in [2.24, 2.45) is 0 Å². The number of ether oxygens (including phenoxy) is 1. The van der Waals surface area contributed by atoms with Crippen molar-refractivity contribution in [1.82, 2.24) is 10.3 Å². The van der Waals surface area contributed by atoms with Crippen molar-refractivity contribution in [2.75, 3.05) is 0 Å². The van der Waals surface area contributed by atoms with Crippen molar-refractivity contribution in [2.45, 2.75) is 37.5 Å². The Morgan fingerprint density at radius 1 is 1.47 bits per heavy atom. The minimum Gasteiger partial charge on any atom is -0.373 e. The van der Waals surface area contributed by atoms with Crippen LogP contribution < -0.4 is 5.32 Å². The zero-order valence-electron chi connectivity index (χ0n) is 9.23. The van der Waals surface area contributed by atoms with E-state index in [1.807, 2.05) is 6.07 Å². The lowest BCUT2D eigenvalue weighted by atomic mass is 9.95. The van der Waals surface area contributed by atoms with Crippen molar-refractivity contribution in [1.29, 1.82) is 0 Å². The topological polar surface area (TPSA) is 51.2 Å². The van der Waals surface area contributed by atoms with E-state index in [4.69, 9.17) is 4.74 Å². The highest BCUT2D eigenvalue weighted by Gasteiger charge is 2.41. The zero-order chi connectivity index (χ0) is 11.8. The van der Waals surface area contributed by atoms with E-state index >= 15 is 0 Å². The van der Waals surface area contributed by atoms with Crippen molar-refractivity contribution in [3.63, 3.8) is 0 Å². The molecule has 2 saturated heterocycles. The number of carbonyl (C=O) groups excluding carboxylic acids is 1.